The van der Waals surface area contributed by atoms with Crippen molar-refractivity contribution in [3.8, 4) is 0 Å². The zero-order chi connectivity index (χ0) is 14.5. The van der Waals surface area contributed by atoms with E-state index in [1.54, 1.807) is 21.0 Å². The van der Waals surface area contributed by atoms with Crippen molar-refractivity contribution < 1.29 is 18.0 Å². The standard InChI is InChI=1S/C10H21N3O4S/c1-7(10(15)13(2)3)12-9(14)8(11)5-6-18(4,16)17/h7-8H,5-6,11H2,1-4H3,(H,12,14). The monoisotopic (exact) mass is 279 g/mol. The number of likely N-dealkylation sites (N-methyl/N-ethyl adjacent to an activating group) is 1. The van der Waals surface area contributed by atoms with Gasteiger partial charge in [-0.25, -0.2) is 8.42 Å². The van der Waals surface area contributed by atoms with Gasteiger partial charge in [-0.2, -0.15) is 0 Å². The minimum Gasteiger partial charge on any atom is -0.347 e. The number of hydrogen-bond acceptors (Lipinski definition) is 5. The molecule has 7 nitrogen and oxygen atoms in total. The largest absolute Gasteiger partial charge is 0.347 e. The van der Waals surface area contributed by atoms with Gasteiger partial charge in [-0.15, -0.1) is 0 Å². The molecule has 2 amide bonds. The number of nitrogens with two attached hydrogens (primary N) is 1. The Balaban J connectivity index is 4.28. The number of sulfone groups is 1. The van der Waals surface area contributed by atoms with Gasteiger partial charge in [0.25, 0.3) is 0 Å². The van der Waals surface area contributed by atoms with E-state index in [9.17, 15) is 18.0 Å². The maximum absolute atomic E-state index is 11.6. The molecule has 0 aromatic rings. The molecule has 0 fully saturated rings. The molecule has 0 aromatic carbocycles. The lowest BCUT2D eigenvalue weighted by Crippen LogP contribution is -2.50. The molecule has 8 heteroatoms. The summed E-state index contributed by atoms with van der Waals surface area (Å²) in [6.45, 7) is 1.55. The Bertz CT molecular complexity index is 405. The summed E-state index contributed by atoms with van der Waals surface area (Å²) in [7, 11) is 0.00979. The summed E-state index contributed by atoms with van der Waals surface area (Å²) in [5.41, 5.74) is 5.55. The highest BCUT2D eigenvalue weighted by Crippen LogP contribution is 1.96. The lowest BCUT2D eigenvalue weighted by atomic mass is 10.2. The van der Waals surface area contributed by atoms with E-state index in [0.717, 1.165) is 6.26 Å². The number of hydrogen-bond donors (Lipinski definition) is 2. The molecule has 3 N–H and O–H groups in total. The third kappa shape index (κ3) is 6.55. The maximum atomic E-state index is 11.6. The van der Waals surface area contributed by atoms with E-state index in [2.05, 4.69) is 5.32 Å². The SMILES string of the molecule is CC(NC(=O)C(N)CCS(C)(=O)=O)C(=O)N(C)C. The normalized spacial score (nSPS) is 14.7. The fraction of sp³-hybridized carbons (Fsp3) is 0.800. The maximum Gasteiger partial charge on any atom is 0.244 e. The van der Waals surface area contributed by atoms with Gasteiger partial charge in [-0.05, 0) is 13.3 Å². The molecule has 0 aliphatic carbocycles. The number of carbonyl (C=O) groups is 2. The van der Waals surface area contributed by atoms with Gasteiger partial charge in [0.1, 0.15) is 15.9 Å². The molecule has 0 rings (SSSR count). The van der Waals surface area contributed by atoms with Crippen LogP contribution < -0.4 is 11.1 Å². The first-order chi connectivity index (χ1) is 8.04. The number of amides is 2. The van der Waals surface area contributed by atoms with Crippen LogP contribution in [-0.4, -0.2) is 63.3 Å². The molecule has 0 aliphatic heterocycles. The summed E-state index contributed by atoms with van der Waals surface area (Å²) in [5, 5.41) is 2.45. The molecule has 18 heavy (non-hydrogen) atoms. The Hall–Kier alpha value is -1.15. The van der Waals surface area contributed by atoms with E-state index >= 15 is 0 Å². The highest BCUT2D eigenvalue weighted by molar-refractivity contribution is 7.90. The first kappa shape index (κ1) is 16.9. The zero-order valence-electron chi connectivity index (χ0n) is 11.1. The van der Waals surface area contributed by atoms with Crippen LogP contribution in [0.3, 0.4) is 0 Å². The Morgan fingerprint density at radius 1 is 1.33 bits per heavy atom. The molecule has 0 spiro atoms. The van der Waals surface area contributed by atoms with Crippen LogP contribution in [0.4, 0.5) is 0 Å². The van der Waals surface area contributed by atoms with Crippen LogP contribution in [0.1, 0.15) is 13.3 Å². The first-order valence-corrected chi connectivity index (χ1v) is 7.55. The number of rotatable bonds is 6. The third-order valence-electron chi connectivity index (χ3n) is 2.31. The van der Waals surface area contributed by atoms with Crippen molar-refractivity contribution in [3.05, 3.63) is 0 Å². The predicted molar refractivity (Wildman–Crippen MR) is 68.6 cm³/mol. The van der Waals surface area contributed by atoms with Gasteiger partial charge in [0, 0.05) is 20.4 Å². The Labute approximate surface area is 108 Å². The molecular formula is C10H21N3O4S. The van der Waals surface area contributed by atoms with E-state index in [1.807, 2.05) is 0 Å². The van der Waals surface area contributed by atoms with Crippen molar-refractivity contribution >= 4 is 21.7 Å². The van der Waals surface area contributed by atoms with Crippen LogP contribution in [-0.2, 0) is 19.4 Å². The van der Waals surface area contributed by atoms with Crippen LogP contribution >= 0.6 is 0 Å². The molecule has 0 heterocycles. The van der Waals surface area contributed by atoms with Gasteiger partial charge in [-0.1, -0.05) is 0 Å². The average Bonchev–Trinajstić information content (AvgIpc) is 2.23. The quantitative estimate of drug-likeness (QED) is 0.605. The molecule has 0 saturated heterocycles. The molecule has 106 valence electrons. The fourth-order valence-corrected chi connectivity index (χ4v) is 1.92. The first-order valence-electron chi connectivity index (χ1n) is 5.49. The Morgan fingerprint density at radius 3 is 2.22 bits per heavy atom. The average molecular weight is 279 g/mol. The summed E-state index contributed by atoms with van der Waals surface area (Å²) in [4.78, 5) is 24.4. The van der Waals surface area contributed by atoms with Crippen LogP contribution in [0, 0.1) is 0 Å². The van der Waals surface area contributed by atoms with Gasteiger partial charge < -0.3 is 16.0 Å². The summed E-state index contributed by atoms with van der Waals surface area (Å²) in [6, 6.07) is -1.62. The molecule has 2 unspecified atom stereocenters. The van der Waals surface area contributed by atoms with Gasteiger partial charge in [-0.3, -0.25) is 9.59 Å². The van der Waals surface area contributed by atoms with E-state index in [1.165, 1.54) is 4.90 Å². The molecule has 0 radical (unpaired) electrons. The second-order valence-corrected chi connectivity index (χ2v) is 6.75. The molecular weight excluding hydrogens is 258 g/mol. The molecule has 0 aliphatic rings. The zero-order valence-corrected chi connectivity index (χ0v) is 12.0. The van der Waals surface area contributed by atoms with Crippen molar-refractivity contribution in [2.45, 2.75) is 25.4 Å². The topological polar surface area (TPSA) is 110 Å². The van der Waals surface area contributed by atoms with Crippen molar-refractivity contribution in [2.75, 3.05) is 26.1 Å². The van der Waals surface area contributed by atoms with E-state index in [-0.39, 0.29) is 18.1 Å². The lowest BCUT2D eigenvalue weighted by molar-refractivity contribution is -0.134. The van der Waals surface area contributed by atoms with E-state index in [4.69, 9.17) is 5.73 Å². The Morgan fingerprint density at radius 2 is 1.83 bits per heavy atom. The number of carbonyl (C=O) groups excluding carboxylic acids is 2. The van der Waals surface area contributed by atoms with Gasteiger partial charge in [0.15, 0.2) is 0 Å². The summed E-state index contributed by atoms with van der Waals surface area (Å²) in [6.07, 6.45) is 1.11. The second-order valence-electron chi connectivity index (χ2n) is 4.49. The summed E-state index contributed by atoms with van der Waals surface area (Å²) < 4.78 is 21.9. The predicted octanol–water partition coefficient (Wildman–Crippen LogP) is -1.66. The molecule has 0 bridgehead atoms. The van der Waals surface area contributed by atoms with Crippen LogP contribution in [0.2, 0.25) is 0 Å². The van der Waals surface area contributed by atoms with Crippen LogP contribution in [0.25, 0.3) is 0 Å². The lowest BCUT2D eigenvalue weighted by Gasteiger charge is -2.19. The van der Waals surface area contributed by atoms with Gasteiger partial charge in [0.2, 0.25) is 11.8 Å². The highest BCUT2D eigenvalue weighted by atomic mass is 32.2. The van der Waals surface area contributed by atoms with Crippen LogP contribution in [0.15, 0.2) is 0 Å². The van der Waals surface area contributed by atoms with Gasteiger partial charge in [0.05, 0.1) is 11.8 Å². The summed E-state index contributed by atoms with van der Waals surface area (Å²) >= 11 is 0. The van der Waals surface area contributed by atoms with Gasteiger partial charge >= 0.3 is 0 Å². The van der Waals surface area contributed by atoms with Crippen molar-refractivity contribution in [1.82, 2.24) is 10.2 Å². The second kappa shape index (κ2) is 6.69. The fourth-order valence-electron chi connectivity index (χ4n) is 1.24. The highest BCUT2D eigenvalue weighted by Gasteiger charge is 2.21. The van der Waals surface area contributed by atoms with E-state index < -0.39 is 27.8 Å². The van der Waals surface area contributed by atoms with Crippen molar-refractivity contribution in [1.29, 1.82) is 0 Å². The van der Waals surface area contributed by atoms with Crippen molar-refractivity contribution in [3.63, 3.8) is 0 Å². The van der Waals surface area contributed by atoms with Crippen LogP contribution in [0.5, 0.6) is 0 Å². The Kier molecular flexibility index (Phi) is 6.27. The van der Waals surface area contributed by atoms with E-state index in [0.29, 0.717) is 0 Å². The summed E-state index contributed by atoms with van der Waals surface area (Å²) in [5.74, 6) is -0.933. The minimum absolute atomic E-state index is 0.0353. The van der Waals surface area contributed by atoms with Crippen molar-refractivity contribution in [2.24, 2.45) is 5.73 Å². The third-order valence-corrected chi connectivity index (χ3v) is 3.28. The molecule has 2 atom stereocenters. The molecule has 0 aromatic heterocycles. The smallest absolute Gasteiger partial charge is 0.244 e. The minimum atomic E-state index is -3.15. The molecule has 0 saturated carbocycles. The number of nitrogens with one attached hydrogen (secondary N) is 1. The number of nitrogens with zero attached hydrogens (tertiary/aromatic N) is 1.